The van der Waals surface area contributed by atoms with Crippen LogP contribution in [0.2, 0.25) is 0 Å². The molecule has 2 heterocycles. The third-order valence-corrected chi connectivity index (χ3v) is 5.69. The van der Waals surface area contributed by atoms with Crippen molar-refractivity contribution in [2.24, 2.45) is 0 Å². The molecule has 3 aliphatic rings. The van der Waals surface area contributed by atoms with E-state index < -0.39 is 5.41 Å². The summed E-state index contributed by atoms with van der Waals surface area (Å²) in [7, 11) is 0. The van der Waals surface area contributed by atoms with Gasteiger partial charge in [-0.05, 0) is 50.7 Å². The molecule has 124 valence electrons. The Morgan fingerprint density at radius 2 is 1.79 bits per heavy atom. The highest BCUT2D eigenvalue weighted by atomic mass is 16.6. The molecule has 0 radical (unpaired) electrons. The fourth-order valence-corrected chi connectivity index (χ4v) is 4.35. The van der Waals surface area contributed by atoms with E-state index in [1.165, 1.54) is 0 Å². The van der Waals surface area contributed by atoms with Crippen molar-refractivity contribution < 1.29 is 14.2 Å². The number of fused-ring (bicyclic) bond motifs is 1. The largest absolute Gasteiger partial charge is 0.486 e. The van der Waals surface area contributed by atoms with Gasteiger partial charge < -0.3 is 9.47 Å². The van der Waals surface area contributed by atoms with E-state index in [0.29, 0.717) is 26.1 Å². The molecule has 0 bridgehead atoms. The Bertz CT molecular complexity index is 779. The van der Waals surface area contributed by atoms with E-state index in [1.54, 1.807) is 0 Å². The molecule has 1 aromatic carbocycles. The molecule has 24 heavy (non-hydrogen) atoms. The van der Waals surface area contributed by atoms with Crippen LogP contribution in [-0.4, -0.2) is 25.0 Å². The van der Waals surface area contributed by atoms with Crippen LogP contribution in [0.15, 0.2) is 6.07 Å². The van der Waals surface area contributed by atoms with E-state index in [1.807, 2.05) is 13.8 Å². The van der Waals surface area contributed by atoms with Crippen molar-refractivity contribution in [2.45, 2.75) is 56.8 Å². The van der Waals surface area contributed by atoms with Crippen LogP contribution in [0.4, 0.5) is 0 Å². The fraction of sp³-hybridized carbons (Fsp3) is 0.579. The minimum absolute atomic E-state index is 0.307. The Balaban J connectivity index is 1.75. The smallest absolute Gasteiger partial charge is 0.357 e. The summed E-state index contributed by atoms with van der Waals surface area (Å²) in [5.41, 5.74) is 2.20. The van der Waals surface area contributed by atoms with E-state index in [4.69, 9.17) is 20.8 Å². The fourth-order valence-electron chi connectivity index (χ4n) is 4.35. The molecular weight excluding hydrogens is 304 g/mol. The van der Waals surface area contributed by atoms with Gasteiger partial charge in [-0.15, -0.1) is 0 Å². The first-order valence-electron chi connectivity index (χ1n) is 8.41. The zero-order valence-electron chi connectivity index (χ0n) is 14.0. The van der Waals surface area contributed by atoms with E-state index in [-0.39, 0.29) is 11.8 Å². The van der Waals surface area contributed by atoms with Gasteiger partial charge in [-0.3, -0.25) is 9.58 Å². The summed E-state index contributed by atoms with van der Waals surface area (Å²) in [4.78, 5) is 3.52. The van der Waals surface area contributed by atoms with E-state index in [9.17, 15) is 5.26 Å². The van der Waals surface area contributed by atoms with Crippen LogP contribution in [0, 0.1) is 31.8 Å². The van der Waals surface area contributed by atoms with Gasteiger partial charge in [0.05, 0.1) is 11.5 Å². The summed E-state index contributed by atoms with van der Waals surface area (Å²) in [6, 6.07) is 4.66. The first kappa shape index (κ1) is 15.3. The maximum atomic E-state index is 10.1. The summed E-state index contributed by atoms with van der Waals surface area (Å²) in [5, 5.41) is 10.1. The standard InChI is InChI=1S/C19H20N2O3/c1-12-10-13(2)15-16(23-9-8-22-15)14(12)18(11-20)4-6-19(7-5-18)17(21-3)24-19/h10,17H,4-9H2,1-2H3. The molecule has 0 amide bonds. The lowest BCUT2D eigenvalue weighted by Crippen LogP contribution is -2.36. The second kappa shape index (κ2) is 5.13. The van der Waals surface area contributed by atoms with Gasteiger partial charge in [0.25, 0.3) is 0 Å². The highest BCUT2D eigenvalue weighted by molar-refractivity contribution is 5.60. The number of hydrogen-bond donors (Lipinski definition) is 0. The number of hydrogen-bond acceptors (Lipinski definition) is 4. The van der Waals surface area contributed by atoms with Gasteiger partial charge in [-0.2, -0.15) is 5.26 Å². The zero-order valence-corrected chi connectivity index (χ0v) is 14.0. The lowest BCUT2D eigenvalue weighted by atomic mass is 9.65. The summed E-state index contributed by atoms with van der Waals surface area (Å²) >= 11 is 0. The van der Waals surface area contributed by atoms with Crippen LogP contribution in [0.1, 0.15) is 42.4 Å². The lowest BCUT2D eigenvalue weighted by Gasteiger charge is -2.37. The predicted molar refractivity (Wildman–Crippen MR) is 86.9 cm³/mol. The van der Waals surface area contributed by atoms with E-state index in [0.717, 1.165) is 41.0 Å². The van der Waals surface area contributed by atoms with Crippen LogP contribution >= 0.6 is 0 Å². The second-order valence-corrected chi connectivity index (χ2v) is 7.10. The van der Waals surface area contributed by atoms with Crippen molar-refractivity contribution >= 4 is 0 Å². The molecule has 5 heteroatoms. The van der Waals surface area contributed by atoms with Crippen molar-refractivity contribution in [2.75, 3.05) is 13.2 Å². The molecule has 1 spiro atoms. The quantitative estimate of drug-likeness (QED) is 0.586. The zero-order chi connectivity index (χ0) is 16.9. The number of nitriles is 1. The molecule has 1 aromatic rings. The topological polar surface area (TPSA) is 59.1 Å². The molecule has 2 fully saturated rings. The molecular formula is C19H20N2O3. The van der Waals surface area contributed by atoms with Crippen molar-refractivity contribution in [3.63, 3.8) is 0 Å². The van der Waals surface area contributed by atoms with Gasteiger partial charge in [-0.25, -0.2) is 6.57 Å². The van der Waals surface area contributed by atoms with E-state index in [2.05, 4.69) is 17.0 Å². The van der Waals surface area contributed by atoms with Gasteiger partial charge in [0.15, 0.2) is 17.1 Å². The first-order valence-corrected chi connectivity index (χ1v) is 8.41. The molecule has 0 aromatic heterocycles. The Morgan fingerprint density at radius 3 is 2.38 bits per heavy atom. The van der Waals surface area contributed by atoms with Gasteiger partial charge >= 0.3 is 6.23 Å². The van der Waals surface area contributed by atoms with Gasteiger partial charge in [0.2, 0.25) is 0 Å². The number of epoxide rings is 1. The SMILES string of the molecule is [C-]#[N+]C1OC12CCC(C#N)(c1c(C)cc(C)c3c1OCCO3)CC2. The molecule has 1 saturated carbocycles. The first-order chi connectivity index (χ1) is 11.6. The second-order valence-electron chi connectivity index (χ2n) is 7.10. The Kier molecular flexibility index (Phi) is 3.27. The highest BCUT2D eigenvalue weighted by Gasteiger charge is 2.66. The molecule has 1 aliphatic carbocycles. The van der Waals surface area contributed by atoms with Crippen LogP contribution in [0.25, 0.3) is 4.85 Å². The van der Waals surface area contributed by atoms with Crippen LogP contribution in [0.5, 0.6) is 11.5 Å². The van der Waals surface area contributed by atoms with Crippen LogP contribution in [-0.2, 0) is 10.2 Å². The Labute approximate surface area is 141 Å². The normalized spacial score (nSPS) is 33.6. The maximum Gasteiger partial charge on any atom is 0.357 e. The number of nitrogens with zero attached hydrogens (tertiary/aromatic N) is 2. The number of aryl methyl sites for hydroxylation is 2. The van der Waals surface area contributed by atoms with Crippen molar-refractivity contribution in [3.05, 3.63) is 34.2 Å². The Hall–Kier alpha value is -2.24. The van der Waals surface area contributed by atoms with Gasteiger partial charge in [0.1, 0.15) is 13.2 Å². The summed E-state index contributed by atoms with van der Waals surface area (Å²) in [6.07, 6.45) is 2.55. The third-order valence-electron chi connectivity index (χ3n) is 5.69. The summed E-state index contributed by atoms with van der Waals surface area (Å²) < 4.78 is 17.4. The third kappa shape index (κ3) is 2.01. The average molecular weight is 324 g/mol. The molecule has 0 N–H and O–H groups in total. The summed E-state index contributed by atoms with van der Waals surface area (Å²) in [6.45, 7) is 12.3. The van der Waals surface area contributed by atoms with Crippen LogP contribution < -0.4 is 9.47 Å². The lowest BCUT2D eigenvalue weighted by molar-refractivity contribution is 0.160. The molecule has 2 aliphatic heterocycles. The van der Waals surface area contributed by atoms with Crippen LogP contribution in [0.3, 0.4) is 0 Å². The predicted octanol–water partition coefficient (Wildman–Crippen LogP) is 3.42. The van der Waals surface area contributed by atoms with Crippen molar-refractivity contribution in [1.82, 2.24) is 0 Å². The van der Waals surface area contributed by atoms with Crippen molar-refractivity contribution in [3.8, 4) is 17.6 Å². The number of benzene rings is 1. The monoisotopic (exact) mass is 324 g/mol. The molecule has 4 rings (SSSR count). The molecule has 5 nitrogen and oxygen atoms in total. The average Bonchev–Trinajstić information content (AvgIpc) is 3.30. The maximum absolute atomic E-state index is 10.1. The summed E-state index contributed by atoms with van der Waals surface area (Å²) in [5.74, 6) is 1.52. The number of ether oxygens (including phenoxy) is 3. The van der Waals surface area contributed by atoms with Crippen molar-refractivity contribution in [1.29, 1.82) is 5.26 Å². The molecule has 1 atom stereocenters. The Morgan fingerprint density at radius 1 is 1.12 bits per heavy atom. The van der Waals surface area contributed by atoms with E-state index >= 15 is 0 Å². The van der Waals surface area contributed by atoms with Gasteiger partial charge in [-0.1, -0.05) is 6.07 Å². The molecule has 1 saturated heterocycles. The highest BCUT2D eigenvalue weighted by Crippen LogP contribution is 2.57. The minimum Gasteiger partial charge on any atom is -0.486 e. The van der Waals surface area contributed by atoms with Gasteiger partial charge in [0, 0.05) is 5.56 Å². The minimum atomic E-state index is -0.591. The number of rotatable bonds is 1. The molecule has 1 unspecified atom stereocenters.